The molecule has 28 heavy (non-hydrogen) atoms. The number of thiophene rings is 1. The molecule has 0 aliphatic carbocycles. The highest BCUT2D eigenvalue weighted by molar-refractivity contribution is 7.20. The van der Waals surface area contributed by atoms with Crippen LogP contribution in [-0.4, -0.2) is 33.7 Å². The summed E-state index contributed by atoms with van der Waals surface area (Å²) >= 11 is 1.50. The molecule has 0 unspecified atom stereocenters. The first-order valence-corrected chi connectivity index (χ1v) is 10.9. The molecule has 0 radical (unpaired) electrons. The normalized spacial score (nSPS) is 15.6. The zero-order chi connectivity index (χ0) is 19.5. The third-order valence-corrected chi connectivity index (χ3v) is 6.77. The number of benzene rings is 1. The first kappa shape index (κ1) is 19.2. The number of aromatic nitrogens is 2. The Balaban J connectivity index is 1.43. The molecule has 0 atom stereocenters. The first-order valence-electron chi connectivity index (χ1n) is 10.1. The molecule has 6 heteroatoms. The number of aryl methyl sites for hydroxylation is 2. The van der Waals surface area contributed by atoms with E-state index in [9.17, 15) is 4.79 Å². The number of nitrogens with one attached hydrogen (secondary N) is 1. The summed E-state index contributed by atoms with van der Waals surface area (Å²) in [5.41, 5.74) is 3.50. The lowest BCUT2D eigenvalue weighted by atomic mass is 10.1. The summed E-state index contributed by atoms with van der Waals surface area (Å²) in [6.45, 7) is 5.87. The standard InChI is InChI=1S/C22H28N4OS/c1-16-19-13-20(28-22(19)25(2)24-16)21(27)23-14-17-9-5-6-10-18(17)15-26-11-7-3-4-8-12-26/h5-6,9-10,13H,3-4,7-8,11-12,14-15H2,1-2H3,(H,23,27). The summed E-state index contributed by atoms with van der Waals surface area (Å²) in [5.74, 6) is -0.00910. The van der Waals surface area contributed by atoms with Gasteiger partial charge < -0.3 is 5.32 Å². The lowest BCUT2D eigenvalue weighted by Crippen LogP contribution is -2.26. The fourth-order valence-electron chi connectivity index (χ4n) is 4.00. The molecule has 2 aromatic heterocycles. The Morgan fingerprint density at radius 2 is 1.86 bits per heavy atom. The second-order valence-corrected chi connectivity index (χ2v) is 8.71. The van der Waals surface area contributed by atoms with Crippen LogP contribution in [-0.2, 0) is 20.1 Å². The number of rotatable bonds is 5. The van der Waals surface area contributed by atoms with Gasteiger partial charge >= 0.3 is 0 Å². The molecule has 148 valence electrons. The molecule has 1 amide bonds. The van der Waals surface area contributed by atoms with Gasteiger partial charge in [0.1, 0.15) is 4.83 Å². The maximum atomic E-state index is 12.7. The average molecular weight is 397 g/mol. The largest absolute Gasteiger partial charge is 0.347 e. The molecule has 0 saturated carbocycles. The minimum absolute atomic E-state index is 0.00910. The number of nitrogens with zero attached hydrogens (tertiary/aromatic N) is 3. The second-order valence-electron chi connectivity index (χ2n) is 7.68. The molecule has 0 spiro atoms. The lowest BCUT2D eigenvalue weighted by Gasteiger charge is -2.21. The quantitative estimate of drug-likeness (QED) is 0.701. The van der Waals surface area contributed by atoms with Crippen LogP contribution >= 0.6 is 11.3 Å². The predicted octanol–water partition coefficient (Wildman–Crippen LogP) is 4.25. The van der Waals surface area contributed by atoms with Crippen molar-refractivity contribution in [3.63, 3.8) is 0 Å². The molecule has 0 bridgehead atoms. The van der Waals surface area contributed by atoms with Gasteiger partial charge in [-0.15, -0.1) is 11.3 Å². The number of likely N-dealkylation sites (tertiary alicyclic amines) is 1. The van der Waals surface area contributed by atoms with Crippen molar-refractivity contribution in [2.45, 2.75) is 45.7 Å². The Morgan fingerprint density at radius 3 is 2.57 bits per heavy atom. The van der Waals surface area contributed by atoms with Gasteiger partial charge in [-0.1, -0.05) is 37.1 Å². The van der Waals surface area contributed by atoms with Crippen LogP contribution in [0.3, 0.4) is 0 Å². The van der Waals surface area contributed by atoms with Gasteiger partial charge in [0, 0.05) is 25.5 Å². The van der Waals surface area contributed by atoms with E-state index < -0.39 is 0 Å². The van der Waals surface area contributed by atoms with Crippen molar-refractivity contribution in [1.29, 1.82) is 0 Å². The van der Waals surface area contributed by atoms with Crippen LogP contribution in [0.15, 0.2) is 30.3 Å². The number of fused-ring (bicyclic) bond motifs is 1. The highest BCUT2D eigenvalue weighted by Gasteiger charge is 2.16. The van der Waals surface area contributed by atoms with Crippen LogP contribution in [0.1, 0.15) is 52.2 Å². The number of hydrogen-bond donors (Lipinski definition) is 1. The summed E-state index contributed by atoms with van der Waals surface area (Å²) in [7, 11) is 1.92. The van der Waals surface area contributed by atoms with Gasteiger partial charge in [0.25, 0.3) is 5.91 Å². The zero-order valence-electron chi connectivity index (χ0n) is 16.7. The SMILES string of the molecule is Cc1nn(C)c2sc(C(=O)NCc3ccccc3CN3CCCCCC3)cc12. The van der Waals surface area contributed by atoms with Crippen molar-refractivity contribution in [3.05, 3.63) is 52.0 Å². The van der Waals surface area contributed by atoms with Gasteiger partial charge in [0.2, 0.25) is 0 Å². The lowest BCUT2D eigenvalue weighted by molar-refractivity contribution is 0.0955. The Bertz CT molecular complexity index is 932. The van der Waals surface area contributed by atoms with E-state index in [1.165, 1.54) is 61.2 Å². The Kier molecular flexibility index (Phi) is 5.78. The molecule has 1 saturated heterocycles. The van der Waals surface area contributed by atoms with E-state index in [1.807, 2.05) is 24.7 Å². The van der Waals surface area contributed by atoms with Crippen molar-refractivity contribution >= 4 is 27.5 Å². The molecule has 3 aromatic rings. The van der Waals surface area contributed by atoms with Crippen molar-refractivity contribution < 1.29 is 4.79 Å². The van der Waals surface area contributed by atoms with E-state index >= 15 is 0 Å². The van der Waals surface area contributed by atoms with E-state index in [-0.39, 0.29) is 5.91 Å². The zero-order valence-corrected chi connectivity index (χ0v) is 17.5. The molecule has 4 rings (SSSR count). The van der Waals surface area contributed by atoms with Crippen molar-refractivity contribution in [2.75, 3.05) is 13.1 Å². The van der Waals surface area contributed by atoms with Crippen LogP contribution < -0.4 is 5.32 Å². The van der Waals surface area contributed by atoms with Gasteiger partial charge in [-0.3, -0.25) is 14.4 Å². The van der Waals surface area contributed by atoms with Crippen molar-refractivity contribution in [2.24, 2.45) is 7.05 Å². The fourth-order valence-corrected chi connectivity index (χ4v) is 5.04. The Hall–Kier alpha value is -2.18. The molecule has 1 aliphatic rings. The summed E-state index contributed by atoms with van der Waals surface area (Å²) in [6, 6.07) is 10.4. The third kappa shape index (κ3) is 4.13. The van der Waals surface area contributed by atoms with E-state index in [0.29, 0.717) is 6.54 Å². The average Bonchev–Trinajstić information content (AvgIpc) is 3.13. The molecule has 5 nitrogen and oxygen atoms in total. The van der Waals surface area contributed by atoms with E-state index in [0.717, 1.165) is 27.3 Å². The highest BCUT2D eigenvalue weighted by atomic mass is 32.1. The van der Waals surface area contributed by atoms with Crippen molar-refractivity contribution in [3.8, 4) is 0 Å². The molecular formula is C22H28N4OS. The minimum Gasteiger partial charge on any atom is -0.347 e. The van der Waals surface area contributed by atoms with Crippen molar-refractivity contribution in [1.82, 2.24) is 20.0 Å². The summed E-state index contributed by atoms with van der Waals surface area (Å²) < 4.78 is 1.85. The van der Waals surface area contributed by atoms with Gasteiger partial charge in [-0.05, 0) is 50.0 Å². The van der Waals surface area contributed by atoms with E-state index in [2.05, 4.69) is 39.6 Å². The Labute approximate surface area is 170 Å². The Morgan fingerprint density at radius 1 is 1.14 bits per heavy atom. The third-order valence-electron chi connectivity index (χ3n) is 5.57. The number of hydrogen-bond acceptors (Lipinski definition) is 4. The van der Waals surface area contributed by atoms with Gasteiger partial charge in [0.05, 0.1) is 10.6 Å². The van der Waals surface area contributed by atoms with Crippen LogP contribution in [0.5, 0.6) is 0 Å². The maximum Gasteiger partial charge on any atom is 0.261 e. The molecule has 1 N–H and O–H groups in total. The van der Waals surface area contributed by atoms with Gasteiger partial charge in [0.15, 0.2) is 0 Å². The monoisotopic (exact) mass is 396 g/mol. The van der Waals surface area contributed by atoms with E-state index in [4.69, 9.17) is 0 Å². The number of carbonyl (C=O) groups is 1. The first-order chi connectivity index (χ1) is 13.6. The van der Waals surface area contributed by atoms with E-state index in [1.54, 1.807) is 0 Å². The van der Waals surface area contributed by atoms with Crippen LogP contribution in [0.4, 0.5) is 0 Å². The molecule has 1 aromatic carbocycles. The number of carbonyl (C=O) groups excluding carboxylic acids is 1. The second kappa shape index (κ2) is 8.45. The predicted molar refractivity (Wildman–Crippen MR) is 115 cm³/mol. The maximum absolute atomic E-state index is 12.7. The fraction of sp³-hybridized carbons (Fsp3) is 0.455. The molecule has 3 heterocycles. The molecular weight excluding hydrogens is 368 g/mol. The number of amides is 1. The van der Waals surface area contributed by atoms with Crippen LogP contribution in [0.25, 0.3) is 10.2 Å². The summed E-state index contributed by atoms with van der Waals surface area (Å²) in [5, 5.41) is 8.60. The highest BCUT2D eigenvalue weighted by Crippen LogP contribution is 2.27. The summed E-state index contributed by atoms with van der Waals surface area (Å²) in [6.07, 6.45) is 5.27. The minimum atomic E-state index is -0.00910. The van der Waals surface area contributed by atoms with Crippen LogP contribution in [0, 0.1) is 6.92 Å². The molecule has 1 fully saturated rings. The van der Waals surface area contributed by atoms with Gasteiger partial charge in [-0.2, -0.15) is 5.10 Å². The molecule has 1 aliphatic heterocycles. The van der Waals surface area contributed by atoms with Gasteiger partial charge in [-0.25, -0.2) is 0 Å². The topological polar surface area (TPSA) is 50.2 Å². The summed E-state index contributed by atoms with van der Waals surface area (Å²) in [4.78, 5) is 17.1. The smallest absolute Gasteiger partial charge is 0.261 e. The van der Waals surface area contributed by atoms with Crippen LogP contribution in [0.2, 0.25) is 0 Å².